The minimum atomic E-state index is 0.511. The van der Waals surface area contributed by atoms with Crippen molar-refractivity contribution in [3.05, 3.63) is 0 Å². The molecular weight excluding hydrogens is 212 g/mol. The molecule has 3 unspecified atom stereocenters. The summed E-state index contributed by atoms with van der Waals surface area (Å²) in [6.07, 6.45) is 5.33. The van der Waals surface area contributed by atoms with Gasteiger partial charge in [-0.3, -0.25) is 4.90 Å². The normalized spacial score (nSPS) is 27.4. The van der Waals surface area contributed by atoms with E-state index in [0.717, 1.165) is 26.3 Å². The molecular formula is C14H30N2O. The standard InChI is InChI=1S/C14H30N2O/c1-4-16(12(3)11-17-5-2)14-9-7-6-8-13(14)10-15/h12-14H,4-11,15H2,1-3H3. The van der Waals surface area contributed by atoms with Gasteiger partial charge in [-0.05, 0) is 45.7 Å². The first-order valence-corrected chi connectivity index (χ1v) is 7.28. The molecule has 17 heavy (non-hydrogen) atoms. The molecule has 3 atom stereocenters. The van der Waals surface area contributed by atoms with Crippen LogP contribution in [-0.2, 0) is 4.74 Å². The Labute approximate surface area is 107 Å². The van der Waals surface area contributed by atoms with Crippen LogP contribution in [0.5, 0.6) is 0 Å². The highest BCUT2D eigenvalue weighted by Crippen LogP contribution is 2.29. The van der Waals surface area contributed by atoms with E-state index in [-0.39, 0.29) is 0 Å². The van der Waals surface area contributed by atoms with E-state index in [1.807, 2.05) is 0 Å². The SMILES string of the molecule is CCOCC(C)N(CC)C1CCCCC1CN. The van der Waals surface area contributed by atoms with Gasteiger partial charge in [0.25, 0.3) is 0 Å². The maximum absolute atomic E-state index is 5.93. The molecule has 1 aliphatic carbocycles. The second-order valence-electron chi connectivity index (χ2n) is 5.19. The van der Waals surface area contributed by atoms with E-state index in [1.165, 1.54) is 25.7 Å². The van der Waals surface area contributed by atoms with Crippen LogP contribution in [0.1, 0.15) is 46.5 Å². The fourth-order valence-corrected chi connectivity index (χ4v) is 3.16. The number of nitrogens with zero attached hydrogens (tertiary/aromatic N) is 1. The van der Waals surface area contributed by atoms with Crippen LogP contribution in [-0.4, -0.2) is 43.3 Å². The lowest BCUT2D eigenvalue weighted by molar-refractivity contribution is 0.0242. The lowest BCUT2D eigenvalue weighted by Gasteiger charge is -2.42. The Morgan fingerprint density at radius 3 is 2.59 bits per heavy atom. The summed E-state index contributed by atoms with van der Waals surface area (Å²) in [5, 5.41) is 0. The largest absolute Gasteiger partial charge is 0.380 e. The summed E-state index contributed by atoms with van der Waals surface area (Å²) < 4.78 is 5.56. The molecule has 1 saturated carbocycles. The Balaban J connectivity index is 2.56. The molecule has 0 amide bonds. The van der Waals surface area contributed by atoms with Gasteiger partial charge in [0.2, 0.25) is 0 Å². The fourth-order valence-electron chi connectivity index (χ4n) is 3.16. The van der Waals surface area contributed by atoms with Gasteiger partial charge in [-0.1, -0.05) is 19.8 Å². The van der Waals surface area contributed by atoms with E-state index >= 15 is 0 Å². The van der Waals surface area contributed by atoms with Crippen LogP contribution in [0.25, 0.3) is 0 Å². The average molecular weight is 242 g/mol. The summed E-state index contributed by atoms with van der Waals surface area (Å²) >= 11 is 0. The van der Waals surface area contributed by atoms with Crippen LogP contribution in [0.4, 0.5) is 0 Å². The lowest BCUT2D eigenvalue weighted by atomic mass is 9.83. The Hall–Kier alpha value is -0.120. The highest BCUT2D eigenvalue weighted by Gasteiger charge is 2.30. The first-order chi connectivity index (χ1) is 8.24. The van der Waals surface area contributed by atoms with E-state index in [4.69, 9.17) is 10.5 Å². The zero-order valence-corrected chi connectivity index (χ0v) is 11.8. The van der Waals surface area contributed by atoms with Gasteiger partial charge < -0.3 is 10.5 Å². The van der Waals surface area contributed by atoms with Crippen molar-refractivity contribution in [3.63, 3.8) is 0 Å². The highest BCUT2D eigenvalue weighted by molar-refractivity contribution is 4.85. The van der Waals surface area contributed by atoms with Crippen LogP contribution in [0, 0.1) is 5.92 Å². The molecule has 102 valence electrons. The van der Waals surface area contributed by atoms with Crippen molar-refractivity contribution < 1.29 is 4.74 Å². The molecule has 2 N–H and O–H groups in total. The van der Waals surface area contributed by atoms with Crippen molar-refractivity contribution in [1.82, 2.24) is 4.90 Å². The number of ether oxygens (including phenoxy) is 1. The predicted molar refractivity (Wildman–Crippen MR) is 73.1 cm³/mol. The van der Waals surface area contributed by atoms with Crippen molar-refractivity contribution in [2.24, 2.45) is 11.7 Å². The molecule has 0 spiro atoms. The summed E-state index contributed by atoms with van der Waals surface area (Å²) in [5.41, 5.74) is 5.93. The molecule has 0 radical (unpaired) electrons. The van der Waals surface area contributed by atoms with Crippen LogP contribution in [0.15, 0.2) is 0 Å². The summed E-state index contributed by atoms with van der Waals surface area (Å²) in [6, 6.07) is 1.19. The topological polar surface area (TPSA) is 38.5 Å². The van der Waals surface area contributed by atoms with Crippen molar-refractivity contribution in [2.75, 3.05) is 26.3 Å². The van der Waals surface area contributed by atoms with Gasteiger partial charge in [-0.15, -0.1) is 0 Å². The third-order valence-electron chi connectivity index (χ3n) is 4.09. The molecule has 0 aromatic heterocycles. The van der Waals surface area contributed by atoms with Crippen molar-refractivity contribution in [3.8, 4) is 0 Å². The molecule has 1 aliphatic rings. The summed E-state index contributed by atoms with van der Waals surface area (Å²) in [5.74, 6) is 0.688. The second kappa shape index (κ2) is 8.06. The lowest BCUT2D eigenvalue weighted by Crippen LogP contribution is -2.50. The molecule has 0 saturated heterocycles. The van der Waals surface area contributed by atoms with Crippen molar-refractivity contribution in [2.45, 2.75) is 58.5 Å². The Bertz CT molecular complexity index is 199. The van der Waals surface area contributed by atoms with E-state index < -0.39 is 0 Å². The zero-order chi connectivity index (χ0) is 12.7. The number of hydrogen-bond acceptors (Lipinski definition) is 3. The number of rotatable bonds is 7. The Morgan fingerprint density at radius 2 is 2.00 bits per heavy atom. The van der Waals surface area contributed by atoms with Gasteiger partial charge in [-0.25, -0.2) is 0 Å². The van der Waals surface area contributed by atoms with Gasteiger partial charge in [0.15, 0.2) is 0 Å². The van der Waals surface area contributed by atoms with Gasteiger partial charge in [0.05, 0.1) is 6.61 Å². The monoisotopic (exact) mass is 242 g/mol. The molecule has 0 aliphatic heterocycles. The van der Waals surface area contributed by atoms with E-state index in [9.17, 15) is 0 Å². The summed E-state index contributed by atoms with van der Waals surface area (Å²) in [7, 11) is 0. The summed E-state index contributed by atoms with van der Waals surface area (Å²) in [6.45, 7) is 10.2. The first kappa shape index (κ1) is 14.9. The van der Waals surface area contributed by atoms with E-state index in [2.05, 4.69) is 25.7 Å². The Kier molecular flexibility index (Phi) is 7.09. The van der Waals surface area contributed by atoms with E-state index in [1.54, 1.807) is 0 Å². The average Bonchev–Trinajstić information content (AvgIpc) is 2.37. The first-order valence-electron chi connectivity index (χ1n) is 7.28. The molecule has 3 nitrogen and oxygen atoms in total. The van der Waals surface area contributed by atoms with Gasteiger partial charge in [0, 0.05) is 18.7 Å². The predicted octanol–water partition coefficient (Wildman–Crippen LogP) is 2.25. The van der Waals surface area contributed by atoms with Crippen LogP contribution in [0.2, 0.25) is 0 Å². The van der Waals surface area contributed by atoms with Crippen LogP contribution >= 0.6 is 0 Å². The van der Waals surface area contributed by atoms with E-state index in [0.29, 0.717) is 18.0 Å². The molecule has 0 heterocycles. The smallest absolute Gasteiger partial charge is 0.0619 e. The fraction of sp³-hybridized carbons (Fsp3) is 1.00. The third kappa shape index (κ3) is 4.23. The van der Waals surface area contributed by atoms with Gasteiger partial charge in [0.1, 0.15) is 0 Å². The molecule has 3 heteroatoms. The minimum Gasteiger partial charge on any atom is -0.380 e. The third-order valence-corrected chi connectivity index (χ3v) is 4.09. The molecule has 1 rings (SSSR count). The Morgan fingerprint density at radius 1 is 1.29 bits per heavy atom. The second-order valence-corrected chi connectivity index (χ2v) is 5.19. The molecule has 0 aromatic carbocycles. The van der Waals surface area contributed by atoms with Crippen molar-refractivity contribution in [1.29, 1.82) is 0 Å². The van der Waals surface area contributed by atoms with Gasteiger partial charge in [-0.2, -0.15) is 0 Å². The number of nitrogens with two attached hydrogens (primary N) is 1. The zero-order valence-electron chi connectivity index (χ0n) is 11.8. The number of likely N-dealkylation sites (N-methyl/N-ethyl adjacent to an activating group) is 1. The summed E-state index contributed by atoms with van der Waals surface area (Å²) in [4.78, 5) is 2.60. The number of hydrogen-bond donors (Lipinski definition) is 1. The van der Waals surface area contributed by atoms with Crippen LogP contribution in [0.3, 0.4) is 0 Å². The highest BCUT2D eigenvalue weighted by atomic mass is 16.5. The quantitative estimate of drug-likeness (QED) is 0.744. The molecule has 1 fully saturated rings. The maximum atomic E-state index is 5.93. The van der Waals surface area contributed by atoms with Crippen LogP contribution < -0.4 is 5.73 Å². The van der Waals surface area contributed by atoms with Gasteiger partial charge >= 0.3 is 0 Å². The minimum absolute atomic E-state index is 0.511. The van der Waals surface area contributed by atoms with Crippen molar-refractivity contribution >= 4 is 0 Å². The maximum Gasteiger partial charge on any atom is 0.0619 e. The molecule has 0 bridgehead atoms. The molecule has 0 aromatic rings.